The molecule has 0 unspecified atom stereocenters. The molecule has 0 saturated carbocycles. The number of hydrogen-bond acceptors (Lipinski definition) is 6. The lowest BCUT2D eigenvalue weighted by Crippen LogP contribution is -2.42. The molecule has 0 aliphatic carbocycles. The minimum atomic E-state index is -0.0262. The Hall–Kier alpha value is -2.99. The molecule has 2 aromatic rings. The summed E-state index contributed by atoms with van der Waals surface area (Å²) in [6.07, 6.45) is 6.21. The number of ether oxygens (including phenoxy) is 3. The molecule has 0 radical (unpaired) electrons. The number of ketones is 1. The van der Waals surface area contributed by atoms with Crippen LogP contribution in [0.4, 0.5) is 0 Å². The fraction of sp³-hybridized carbons (Fsp3) is 0.423. The molecule has 0 spiro atoms. The summed E-state index contributed by atoms with van der Waals surface area (Å²) in [7, 11) is 3.71. The van der Waals surface area contributed by atoms with Crippen molar-refractivity contribution in [3.05, 3.63) is 66.1 Å². The number of Topliss-reactive ketones (excluding diaryl/α,β-unsaturated/α-hetero) is 1. The van der Waals surface area contributed by atoms with Crippen molar-refractivity contribution in [2.45, 2.75) is 31.7 Å². The van der Waals surface area contributed by atoms with Crippen molar-refractivity contribution >= 4 is 5.78 Å². The van der Waals surface area contributed by atoms with Crippen LogP contribution in [-0.2, 0) is 0 Å². The van der Waals surface area contributed by atoms with Gasteiger partial charge in [-0.05, 0) is 68.6 Å². The quantitative estimate of drug-likeness (QED) is 0.430. The van der Waals surface area contributed by atoms with Gasteiger partial charge in [0.05, 0.1) is 19.3 Å². The van der Waals surface area contributed by atoms with Crippen LogP contribution in [0.25, 0.3) is 0 Å². The number of carbonyl (C=O) groups excluding carboxylic acids is 1. The Balaban J connectivity index is 1.14. The third kappa shape index (κ3) is 5.43. The van der Waals surface area contributed by atoms with Crippen molar-refractivity contribution in [3.63, 3.8) is 0 Å². The number of hydrogen-bond donors (Lipinski definition) is 0. The van der Waals surface area contributed by atoms with Gasteiger partial charge in [0.25, 0.3) is 0 Å². The summed E-state index contributed by atoms with van der Waals surface area (Å²) in [5.41, 5.74) is 0.651. The van der Waals surface area contributed by atoms with E-state index in [0.717, 1.165) is 63.4 Å². The first-order valence-electron chi connectivity index (χ1n) is 11.4. The lowest BCUT2D eigenvalue weighted by molar-refractivity contribution is 0.100. The molecular formula is C26H32N2O4. The van der Waals surface area contributed by atoms with Crippen LogP contribution >= 0.6 is 0 Å². The number of piperidine rings is 1. The highest BCUT2D eigenvalue weighted by Crippen LogP contribution is 2.31. The topological polar surface area (TPSA) is 51.2 Å². The fourth-order valence-corrected chi connectivity index (χ4v) is 4.27. The van der Waals surface area contributed by atoms with E-state index in [1.807, 2.05) is 61.8 Å². The summed E-state index contributed by atoms with van der Waals surface area (Å²) in [5, 5.41) is 0. The Morgan fingerprint density at radius 1 is 1.06 bits per heavy atom. The van der Waals surface area contributed by atoms with E-state index in [4.69, 9.17) is 14.2 Å². The zero-order chi connectivity index (χ0) is 22.3. The molecular weight excluding hydrogens is 404 g/mol. The standard InChI is InChI=1S/C26H32N2O4/c1-27(19-25-26(29)23-7-3-4-8-24(23)32-25)20-13-16-28(17-14-20)15-5-6-18-31-22-11-9-21(30-2)10-12-22/h3-4,7-12,19-20H,5-6,13-18H2,1-2H3. The molecule has 2 heterocycles. The molecule has 1 fully saturated rings. The van der Waals surface area contributed by atoms with E-state index in [2.05, 4.69) is 9.80 Å². The Morgan fingerprint density at radius 2 is 1.78 bits per heavy atom. The minimum Gasteiger partial charge on any atom is -0.497 e. The molecule has 32 heavy (non-hydrogen) atoms. The van der Waals surface area contributed by atoms with Gasteiger partial charge >= 0.3 is 0 Å². The predicted octanol–water partition coefficient (Wildman–Crippen LogP) is 4.37. The summed E-state index contributed by atoms with van der Waals surface area (Å²) in [5.74, 6) is 2.78. The SMILES string of the molecule is COc1ccc(OCCCCN2CCC(N(C)C=C3Oc4ccccc4C3=O)CC2)cc1. The highest BCUT2D eigenvalue weighted by molar-refractivity contribution is 6.12. The molecule has 0 aromatic heterocycles. The van der Waals surface area contributed by atoms with E-state index in [9.17, 15) is 4.79 Å². The number of benzene rings is 2. The molecule has 0 amide bonds. The van der Waals surface area contributed by atoms with Crippen molar-refractivity contribution in [2.24, 2.45) is 0 Å². The second kappa shape index (κ2) is 10.6. The van der Waals surface area contributed by atoms with Crippen LogP contribution in [0.2, 0.25) is 0 Å². The maximum Gasteiger partial charge on any atom is 0.233 e. The first-order valence-corrected chi connectivity index (χ1v) is 11.4. The third-order valence-electron chi connectivity index (χ3n) is 6.23. The van der Waals surface area contributed by atoms with E-state index in [1.54, 1.807) is 7.11 Å². The number of rotatable bonds is 9. The largest absolute Gasteiger partial charge is 0.497 e. The van der Waals surface area contributed by atoms with Crippen LogP contribution in [-0.4, -0.2) is 62.0 Å². The van der Waals surface area contributed by atoms with Crippen molar-refractivity contribution in [2.75, 3.05) is 40.4 Å². The highest BCUT2D eigenvalue weighted by atomic mass is 16.5. The number of likely N-dealkylation sites (tertiary alicyclic amines) is 1. The van der Waals surface area contributed by atoms with Gasteiger partial charge in [-0.15, -0.1) is 0 Å². The smallest absolute Gasteiger partial charge is 0.233 e. The van der Waals surface area contributed by atoms with Crippen LogP contribution in [0.1, 0.15) is 36.0 Å². The second-order valence-electron chi connectivity index (χ2n) is 8.39. The Bertz CT molecular complexity index is 933. The molecule has 2 aliphatic heterocycles. The zero-order valence-electron chi connectivity index (χ0n) is 19.0. The number of allylic oxidation sites excluding steroid dienone is 1. The van der Waals surface area contributed by atoms with Gasteiger partial charge < -0.3 is 24.0 Å². The second-order valence-corrected chi connectivity index (χ2v) is 8.39. The lowest BCUT2D eigenvalue weighted by atomic mass is 10.0. The molecule has 0 atom stereocenters. The van der Waals surface area contributed by atoms with Crippen LogP contribution < -0.4 is 14.2 Å². The minimum absolute atomic E-state index is 0.0262. The summed E-state index contributed by atoms with van der Waals surface area (Å²) < 4.78 is 16.7. The molecule has 2 aromatic carbocycles. The van der Waals surface area contributed by atoms with E-state index in [1.165, 1.54) is 0 Å². The molecule has 2 aliphatic rings. The van der Waals surface area contributed by atoms with Crippen molar-refractivity contribution in [1.29, 1.82) is 0 Å². The van der Waals surface area contributed by atoms with Crippen LogP contribution in [0.5, 0.6) is 17.2 Å². The Kier molecular flexibility index (Phi) is 7.32. The summed E-state index contributed by atoms with van der Waals surface area (Å²) in [6.45, 7) is 3.98. The highest BCUT2D eigenvalue weighted by Gasteiger charge is 2.28. The lowest BCUT2D eigenvalue weighted by Gasteiger charge is -2.36. The normalized spacial score (nSPS) is 17.8. The van der Waals surface area contributed by atoms with Crippen LogP contribution in [0.3, 0.4) is 0 Å². The van der Waals surface area contributed by atoms with Crippen LogP contribution in [0, 0.1) is 0 Å². The van der Waals surface area contributed by atoms with Gasteiger partial charge in [-0.2, -0.15) is 0 Å². The fourth-order valence-electron chi connectivity index (χ4n) is 4.27. The maximum atomic E-state index is 12.5. The van der Waals surface area contributed by atoms with E-state index >= 15 is 0 Å². The van der Waals surface area contributed by atoms with E-state index in [0.29, 0.717) is 23.1 Å². The average molecular weight is 437 g/mol. The monoisotopic (exact) mass is 436 g/mol. The van der Waals surface area contributed by atoms with Crippen molar-refractivity contribution in [3.8, 4) is 17.2 Å². The predicted molar refractivity (Wildman–Crippen MR) is 124 cm³/mol. The van der Waals surface area contributed by atoms with E-state index < -0.39 is 0 Å². The van der Waals surface area contributed by atoms with E-state index in [-0.39, 0.29) is 5.78 Å². The van der Waals surface area contributed by atoms with Gasteiger partial charge in [0.1, 0.15) is 17.2 Å². The molecule has 0 N–H and O–H groups in total. The van der Waals surface area contributed by atoms with Gasteiger partial charge in [0, 0.05) is 32.4 Å². The number of nitrogens with zero attached hydrogens (tertiary/aromatic N) is 2. The first-order chi connectivity index (χ1) is 15.6. The molecule has 6 nitrogen and oxygen atoms in total. The molecule has 170 valence electrons. The summed E-state index contributed by atoms with van der Waals surface area (Å²) in [6, 6.07) is 15.6. The van der Waals surface area contributed by atoms with Crippen LogP contribution in [0.15, 0.2) is 60.5 Å². The number of unbranched alkanes of at least 4 members (excludes halogenated alkanes) is 1. The Labute approximate surface area is 190 Å². The van der Waals surface area contributed by atoms with Crippen molar-refractivity contribution in [1.82, 2.24) is 9.80 Å². The molecule has 4 rings (SSSR count). The van der Waals surface area contributed by atoms with Gasteiger partial charge in [-0.3, -0.25) is 4.79 Å². The molecule has 0 bridgehead atoms. The van der Waals surface area contributed by atoms with Crippen molar-refractivity contribution < 1.29 is 19.0 Å². The molecule has 6 heteroatoms. The average Bonchev–Trinajstić information content (AvgIpc) is 3.15. The van der Waals surface area contributed by atoms with Gasteiger partial charge in [0.15, 0.2) is 5.76 Å². The maximum absolute atomic E-state index is 12.5. The number of carbonyl (C=O) groups is 1. The number of methoxy groups -OCH3 is 1. The third-order valence-corrected chi connectivity index (χ3v) is 6.23. The summed E-state index contributed by atoms with van der Waals surface area (Å²) >= 11 is 0. The van der Waals surface area contributed by atoms with Gasteiger partial charge in [-0.25, -0.2) is 0 Å². The van der Waals surface area contributed by atoms with Gasteiger partial charge in [0.2, 0.25) is 5.78 Å². The number of para-hydroxylation sites is 1. The first kappa shape index (κ1) is 22.2. The Morgan fingerprint density at radius 3 is 2.50 bits per heavy atom. The van der Waals surface area contributed by atoms with Gasteiger partial charge in [-0.1, -0.05) is 12.1 Å². The number of fused-ring (bicyclic) bond motifs is 1. The zero-order valence-corrected chi connectivity index (χ0v) is 19.0. The molecule has 1 saturated heterocycles. The summed E-state index contributed by atoms with van der Waals surface area (Å²) in [4.78, 5) is 17.2.